The first-order valence-electron chi connectivity index (χ1n) is 5.64. The van der Waals surface area contributed by atoms with Gasteiger partial charge in [0.2, 0.25) is 0 Å². The lowest BCUT2D eigenvalue weighted by molar-refractivity contribution is 0.586. The maximum atomic E-state index is 4.10. The first-order chi connectivity index (χ1) is 7.36. The van der Waals surface area contributed by atoms with E-state index in [-0.39, 0.29) is 0 Å². The Kier molecular flexibility index (Phi) is 4.09. The third kappa shape index (κ3) is 3.24. The van der Waals surface area contributed by atoms with Crippen LogP contribution in [0.3, 0.4) is 0 Å². The highest BCUT2D eigenvalue weighted by Crippen LogP contribution is 2.24. The molecule has 1 saturated heterocycles. The van der Waals surface area contributed by atoms with Gasteiger partial charge in [-0.25, -0.2) is 4.98 Å². The first-order valence-corrected chi connectivity index (χ1v) is 6.68. The van der Waals surface area contributed by atoms with E-state index in [4.69, 9.17) is 0 Å². The summed E-state index contributed by atoms with van der Waals surface area (Å²) in [6, 6.07) is 0. The lowest BCUT2D eigenvalue weighted by atomic mass is 10.2. The average molecular weight is 225 g/mol. The van der Waals surface area contributed by atoms with Crippen LogP contribution in [0, 0.1) is 0 Å². The van der Waals surface area contributed by atoms with Gasteiger partial charge in [0.1, 0.15) is 0 Å². The number of rotatable bonds is 4. The highest BCUT2D eigenvalue weighted by molar-refractivity contribution is 7.99. The van der Waals surface area contributed by atoms with Crippen LogP contribution >= 0.6 is 11.8 Å². The molecule has 0 aromatic carbocycles. The van der Waals surface area contributed by atoms with Gasteiger partial charge < -0.3 is 9.88 Å². The molecule has 1 atom stereocenters. The van der Waals surface area contributed by atoms with Crippen LogP contribution in [0.1, 0.15) is 25.0 Å². The van der Waals surface area contributed by atoms with E-state index in [0.717, 1.165) is 18.3 Å². The molecule has 1 fully saturated rings. The minimum Gasteiger partial charge on any atom is -0.337 e. The number of nitrogens with zero attached hydrogens (tertiary/aromatic N) is 2. The Hall–Kier alpha value is -0.480. The molecule has 0 radical (unpaired) electrons. The third-order valence-corrected chi connectivity index (χ3v) is 4.27. The average Bonchev–Trinajstić information content (AvgIpc) is 2.66. The monoisotopic (exact) mass is 225 g/mol. The minimum atomic E-state index is 0.826. The van der Waals surface area contributed by atoms with Crippen LogP contribution in [-0.4, -0.2) is 27.1 Å². The van der Waals surface area contributed by atoms with Gasteiger partial charge in [-0.05, 0) is 18.6 Å². The van der Waals surface area contributed by atoms with Gasteiger partial charge in [-0.1, -0.05) is 6.42 Å². The molecule has 0 aliphatic carbocycles. The summed E-state index contributed by atoms with van der Waals surface area (Å²) in [6.07, 6.45) is 7.98. The Labute approximate surface area is 95.7 Å². The zero-order valence-electron chi connectivity index (χ0n) is 9.28. The van der Waals surface area contributed by atoms with Crippen LogP contribution in [-0.2, 0) is 13.6 Å². The maximum absolute atomic E-state index is 4.10. The molecule has 1 aliphatic rings. The van der Waals surface area contributed by atoms with Gasteiger partial charge in [-0.3, -0.25) is 0 Å². The second-order valence-electron chi connectivity index (χ2n) is 4.12. The van der Waals surface area contributed by atoms with Crippen LogP contribution in [0.15, 0.2) is 12.5 Å². The van der Waals surface area contributed by atoms with Gasteiger partial charge in [0.15, 0.2) is 0 Å². The summed E-state index contributed by atoms with van der Waals surface area (Å²) < 4.78 is 2.07. The molecule has 2 rings (SSSR count). The molecule has 1 aliphatic heterocycles. The maximum Gasteiger partial charge on any atom is 0.0945 e. The minimum absolute atomic E-state index is 0.826. The molecule has 0 bridgehead atoms. The van der Waals surface area contributed by atoms with Gasteiger partial charge in [0.25, 0.3) is 0 Å². The summed E-state index contributed by atoms with van der Waals surface area (Å²) in [5, 5.41) is 4.34. The van der Waals surface area contributed by atoms with Crippen molar-refractivity contribution in [3.8, 4) is 0 Å². The van der Waals surface area contributed by atoms with Gasteiger partial charge in [0, 0.05) is 31.6 Å². The molecule has 3 nitrogen and oxygen atoms in total. The molecular formula is C11H19N3S. The zero-order chi connectivity index (χ0) is 10.5. The zero-order valence-corrected chi connectivity index (χ0v) is 10.1. The van der Waals surface area contributed by atoms with Crippen molar-refractivity contribution in [1.82, 2.24) is 14.9 Å². The summed E-state index contributed by atoms with van der Waals surface area (Å²) in [5.41, 5.74) is 1.26. The standard InChI is InChI=1S/C11H19N3S/c1-14-9-13-7-10(14)6-12-8-11-4-2-3-5-15-11/h7,9,11-12H,2-6,8H2,1H3. The summed E-state index contributed by atoms with van der Waals surface area (Å²) in [4.78, 5) is 4.10. The number of imidazole rings is 1. The number of hydrogen-bond donors (Lipinski definition) is 1. The summed E-state index contributed by atoms with van der Waals surface area (Å²) in [7, 11) is 2.04. The van der Waals surface area contributed by atoms with Crippen LogP contribution in [0.2, 0.25) is 0 Å². The largest absolute Gasteiger partial charge is 0.337 e. The van der Waals surface area contributed by atoms with Crippen molar-refractivity contribution in [1.29, 1.82) is 0 Å². The van der Waals surface area contributed by atoms with Crippen LogP contribution < -0.4 is 5.32 Å². The second-order valence-corrected chi connectivity index (χ2v) is 5.52. The summed E-state index contributed by atoms with van der Waals surface area (Å²) in [6.45, 7) is 2.07. The van der Waals surface area contributed by atoms with Crippen molar-refractivity contribution < 1.29 is 0 Å². The Morgan fingerprint density at radius 3 is 3.20 bits per heavy atom. The Morgan fingerprint density at radius 2 is 2.53 bits per heavy atom. The SMILES string of the molecule is Cn1cncc1CNCC1CCCCS1. The normalized spacial score (nSPS) is 21.8. The smallest absolute Gasteiger partial charge is 0.0945 e. The molecule has 0 spiro atoms. The van der Waals surface area contributed by atoms with Crippen molar-refractivity contribution >= 4 is 11.8 Å². The van der Waals surface area contributed by atoms with E-state index in [1.807, 2.05) is 19.6 Å². The summed E-state index contributed by atoms with van der Waals surface area (Å²) in [5.74, 6) is 1.35. The fraction of sp³-hybridized carbons (Fsp3) is 0.727. The molecule has 2 heterocycles. The van der Waals surface area contributed by atoms with Crippen LogP contribution in [0.5, 0.6) is 0 Å². The topological polar surface area (TPSA) is 29.9 Å². The molecule has 84 valence electrons. The van der Waals surface area contributed by atoms with Crippen molar-refractivity contribution in [3.05, 3.63) is 18.2 Å². The van der Waals surface area contributed by atoms with Crippen molar-refractivity contribution in [3.63, 3.8) is 0 Å². The molecular weight excluding hydrogens is 206 g/mol. The molecule has 0 amide bonds. The summed E-state index contributed by atoms with van der Waals surface area (Å²) >= 11 is 2.12. The van der Waals surface area contributed by atoms with E-state index in [9.17, 15) is 0 Å². The van der Waals surface area contributed by atoms with Crippen molar-refractivity contribution in [2.45, 2.75) is 31.1 Å². The first kappa shape index (κ1) is 11.0. The lowest BCUT2D eigenvalue weighted by Gasteiger charge is -2.21. The number of nitrogens with one attached hydrogen (secondary N) is 1. The van der Waals surface area contributed by atoms with E-state index in [1.54, 1.807) is 0 Å². The second kappa shape index (κ2) is 5.56. The molecule has 1 aromatic heterocycles. The Morgan fingerprint density at radius 1 is 1.60 bits per heavy atom. The highest BCUT2D eigenvalue weighted by Gasteiger charge is 2.13. The van der Waals surface area contributed by atoms with E-state index < -0.39 is 0 Å². The molecule has 0 saturated carbocycles. The van der Waals surface area contributed by atoms with Gasteiger partial charge in [-0.15, -0.1) is 0 Å². The Bertz CT molecular complexity index is 292. The number of aryl methyl sites for hydroxylation is 1. The van der Waals surface area contributed by atoms with Crippen LogP contribution in [0.4, 0.5) is 0 Å². The molecule has 4 heteroatoms. The Balaban J connectivity index is 1.68. The predicted octanol–water partition coefficient (Wildman–Crippen LogP) is 1.80. The predicted molar refractivity (Wildman–Crippen MR) is 65.0 cm³/mol. The van der Waals surface area contributed by atoms with Crippen molar-refractivity contribution in [2.75, 3.05) is 12.3 Å². The molecule has 1 N–H and O–H groups in total. The number of hydrogen-bond acceptors (Lipinski definition) is 3. The fourth-order valence-corrected chi connectivity index (χ4v) is 3.16. The van der Waals surface area contributed by atoms with Gasteiger partial charge in [0.05, 0.1) is 12.0 Å². The van der Waals surface area contributed by atoms with Crippen molar-refractivity contribution in [2.24, 2.45) is 7.05 Å². The number of aromatic nitrogens is 2. The fourth-order valence-electron chi connectivity index (χ4n) is 1.88. The van der Waals surface area contributed by atoms with E-state index in [2.05, 4.69) is 26.6 Å². The van der Waals surface area contributed by atoms with Crippen LogP contribution in [0.25, 0.3) is 0 Å². The third-order valence-electron chi connectivity index (χ3n) is 2.87. The molecule has 1 unspecified atom stereocenters. The quantitative estimate of drug-likeness (QED) is 0.847. The van der Waals surface area contributed by atoms with E-state index in [1.165, 1.54) is 30.7 Å². The molecule has 15 heavy (non-hydrogen) atoms. The van der Waals surface area contributed by atoms with E-state index >= 15 is 0 Å². The highest BCUT2D eigenvalue weighted by atomic mass is 32.2. The molecule has 1 aromatic rings. The van der Waals surface area contributed by atoms with Gasteiger partial charge in [-0.2, -0.15) is 11.8 Å². The number of thioether (sulfide) groups is 1. The van der Waals surface area contributed by atoms with E-state index in [0.29, 0.717) is 0 Å². The lowest BCUT2D eigenvalue weighted by Crippen LogP contribution is -2.27. The van der Waals surface area contributed by atoms with Gasteiger partial charge >= 0.3 is 0 Å².